The van der Waals surface area contributed by atoms with E-state index in [4.69, 9.17) is 0 Å². The van der Waals surface area contributed by atoms with Crippen LogP contribution < -0.4 is 5.32 Å². The second-order valence-electron chi connectivity index (χ2n) is 6.71. The Morgan fingerprint density at radius 2 is 1.92 bits per heavy atom. The summed E-state index contributed by atoms with van der Waals surface area (Å²) >= 11 is 0. The largest absolute Gasteiger partial charge is 0.352 e. The molecule has 1 saturated heterocycles. The molecule has 0 aromatic heterocycles. The number of piperidine rings is 1. The Balaban J connectivity index is 1.76. The lowest BCUT2D eigenvalue weighted by atomic mass is 9.84. The lowest BCUT2D eigenvalue weighted by Gasteiger charge is -2.38. The van der Waals surface area contributed by atoms with Crippen molar-refractivity contribution in [3.8, 4) is 0 Å². The molecule has 0 aliphatic carbocycles. The number of rotatable bonds is 4. The van der Waals surface area contributed by atoms with E-state index in [1.165, 1.54) is 5.56 Å². The SMILES string of the molecule is Cc1cccc(CNC(=O)[C@H]2CCC(=O)N(C)[C@@H]2c2ccccc2)c1. The smallest absolute Gasteiger partial charge is 0.225 e. The monoisotopic (exact) mass is 336 g/mol. The minimum Gasteiger partial charge on any atom is -0.352 e. The Morgan fingerprint density at radius 1 is 1.16 bits per heavy atom. The predicted molar refractivity (Wildman–Crippen MR) is 97.7 cm³/mol. The third kappa shape index (κ3) is 3.90. The van der Waals surface area contributed by atoms with Crippen LogP contribution in [0.1, 0.15) is 35.6 Å². The zero-order chi connectivity index (χ0) is 17.8. The quantitative estimate of drug-likeness (QED) is 0.932. The van der Waals surface area contributed by atoms with Crippen molar-refractivity contribution in [2.24, 2.45) is 5.92 Å². The van der Waals surface area contributed by atoms with E-state index in [9.17, 15) is 9.59 Å². The van der Waals surface area contributed by atoms with E-state index in [0.29, 0.717) is 19.4 Å². The first-order valence-corrected chi connectivity index (χ1v) is 8.70. The van der Waals surface area contributed by atoms with E-state index in [1.54, 1.807) is 11.9 Å². The molecule has 1 aliphatic heterocycles. The van der Waals surface area contributed by atoms with Crippen molar-refractivity contribution >= 4 is 11.8 Å². The Morgan fingerprint density at radius 3 is 2.64 bits per heavy atom. The summed E-state index contributed by atoms with van der Waals surface area (Å²) < 4.78 is 0. The summed E-state index contributed by atoms with van der Waals surface area (Å²) in [6.07, 6.45) is 1.00. The predicted octanol–water partition coefficient (Wildman–Crippen LogP) is 3.22. The summed E-state index contributed by atoms with van der Waals surface area (Å²) in [6, 6.07) is 17.7. The minimum atomic E-state index is -0.227. The standard InChI is InChI=1S/C21H24N2O2/c1-15-7-6-8-16(13-15)14-22-21(25)18-11-12-19(24)23(2)20(18)17-9-4-3-5-10-17/h3-10,13,18,20H,11-12,14H2,1-2H3,(H,22,25)/t18-,20+/m0/s1. The molecule has 25 heavy (non-hydrogen) atoms. The molecule has 0 saturated carbocycles. The first-order valence-electron chi connectivity index (χ1n) is 8.70. The van der Waals surface area contributed by atoms with Gasteiger partial charge < -0.3 is 10.2 Å². The van der Waals surface area contributed by atoms with Crippen LogP contribution in [0.2, 0.25) is 0 Å². The fourth-order valence-electron chi connectivity index (χ4n) is 3.56. The maximum absolute atomic E-state index is 12.8. The van der Waals surface area contributed by atoms with Crippen molar-refractivity contribution < 1.29 is 9.59 Å². The average Bonchev–Trinajstić information content (AvgIpc) is 2.62. The highest BCUT2D eigenvalue weighted by Crippen LogP contribution is 2.35. The van der Waals surface area contributed by atoms with E-state index in [-0.39, 0.29) is 23.8 Å². The summed E-state index contributed by atoms with van der Waals surface area (Å²) in [4.78, 5) is 26.7. The average molecular weight is 336 g/mol. The molecule has 1 heterocycles. The van der Waals surface area contributed by atoms with Crippen LogP contribution in [0, 0.1) is 12.8 Å². The number of hydrogen-bond acceptors (Lipinski definition) is 2. The van der Waals surface area contributed by atoms with Gasteiger partial charge in [0, 0.05) is 20.0 Å². The molecule has 0 radical (unpaired) electrons. The van der Waals surface area contributed by atoms with E-state index in [0.717, 1.165) is 11.1 Å². The first kappa shape index (κ1) is 17.2. The molecule has 0 bridgehead atoms. The van der Waals surface area contributed by atoms with Gasteiger partial charge in [0.15, 0.2) is 0 Å². The van der Waals surface area contributed by atoms with Crippen LogP contribution in [0.25, 0.3) is 0 Å². The lowest BCUT2D eigenvalue weighted by Crippen LogP contribution is -2.46. The van der Waals surface area contributed by atoms with Crippen molar-refractivity contribution in [1.82, 2.24) is 10.2 Å². The number of nitrogens with zero attached hydrogens (tertiary/aromatic N) is 1. The third-order valence-corrected chi connectivity index (χ3v) is 4.89. The van der Waals surface area contributed by atoms with Gasteiger partial charge in [0.25, 0.3) is 0 Å². The Hall–Kier alpha value is -2.62. The second kappa shape index (κ2) is 7.51. The van der Waals surface area contributed by atoms with Gasteiger partial charge in [0.05, 0.1) is 12.0 Å². The van der Waals surface area contributed by atoms with Crippen molar-refractivity contribution in [3.63, 3.8) is 0 Å². The molecule has 1 aliphatic rings. The number of nitrogens with one attached hydrogen (secondary N) is 1. The number of likely N-dealkylation sites (tertiary alicyclic amines) is 1. The van der Waals surface area contributed by atoms with Gasteiger partial charge in [-0.15, -0.1) is 0 Å². The highest BCUT2D eigenvalue weighted by Gasteiger charge is 2.38. The fourth-order valence-corrected chi connectivity index (χ4v) is 3.56. The summed E-state index contributed by atoms with van der Waals surface area (Å²) in [7, 11) is 1.79. The molecule has 2 aromatic rings. The molecule has 130 valence electrons. The van der Waals surface area contributed by atoms with E-state index < -0.39 is 0 Å². The summed E-state index contributed by atoms with van der Waals surface area (Å²) in [5.74, 6) is -0.124. The number of aryl methyl sites for hydroxylation is 1. The van der Waals surface area contributed by atoms with Crippen LogP contribution in [-0.4, -0.2) is 23.8 Å². The van der Waals surface area contributed by atoms with Crippen LogP contribution in [0.5, 0.6) is 0 Å². The first-order chi connectivity index (χ1) is 12.1. The summed E-state index contributed by atoms with van der Waals surface area (Å²) in [5.41, 5.74) is 3.27. The van der Waals surface area contributed by atoms with Gasteiger partial charge in [-0.25, -0.2) is 0 Å². The third-order valence-electron chi connectivity index (χ3n) is 4.89. The van der Waals surface area contributed by atoms with Gasteiger partial charge >= 0.3 is 0 Å². The molecule has 4 nitrogen and oxygen atoms in total. The van der Waals surface area contributed by atoms with Gasteiger partial charge in [-0.3, -0.25) is 9.59 Å². The highest BCUT2D eigenvalue weighted by atomic mass is 16.2. The van der Waals surface area contributed by atoms with Crippen LogP contribution in [0.4, 0.5) is 0 Å². The Labute approximate surface area is 148 Å². The van der Waals surface area contributed by atoms with Crippen molar-refractivity contribution in [1.29, 1.82) is 0 Å². The molecule has 0 unspecified atom stereocenters. The Bertz CT molecular complexity index is 758. The fraction of sp³-hybridized carbons (Fsp3) is 0.333. The van der Waals surface area contributed by atoms with Gasteiger partial charge in [-0.1, -0.05) is 60.2 Å². The van der Waals surface area contributed by atoms with E-state index in [1.807, 2.05) is 55.5 Å². The number of hydrogen-bond donors (Lipinski definition) is 1. The van der Waals surface area contributed by atoms with Gasteiger partial charge in [-0.2, -0.15) is 0 Å². The molecular formula is C21H24N2O2. The van der Waals surface area contributed by atoms with Crippen molar-refractivity contribution in [2.45, 2.75) is 32.4 Å². The topological polar surface area (TPSA) is 49.4 Å². The normalized spacial score (nSPS) is 20.4. The number of carbonyl (C=O) groups excluding carboxylic acids is 2. The maximum atomic E-state index is 12.8. The highest BCUT2D eigenvalue weighted by molar-refractivity contribution is 5.84. The zero-order valence-corrected chi connectivity index (χ0v) is 14.7. The van der Waals surface area contributed by atoms with Gasteiger partial charge in [0.1, 0.15) is 0 Å². The molecule has 2 atom stereocenters. The molecule has 1 N–H and O–H groups in total. The molecule has 2 amide bonds. The van der Waals surface area contributed by atoms with Gasteiger partial charge in [-0.05, 0) is 24.5 Å². The molecule has 0 spiro atoms. The van der Waals surface area contributed by atoms with Gasteiger partial charge in [0.2, 0.25) is 11.8 Å². The summed E-state index contributed by atoms with van der Waals surface area (Å²) in [6.45, 7) is 2.55. The molecule has 1 fully saturated rings. The maximum Gasteiger partial charge on any atom is 0.225 e. The number of benzene rings is 2. The van der Waals surface area contributed by atoms with Crippen LogP contribution in [-0.2, 0) is 16.1 Å². The minimum absolute atomic E-state index is 0.00899. The van der Waals surface area contributed by atoms with E-state index >= 15 is 0 Å². The molecule has 3 rings (SSSR count). The van der Waals surface area contributed by atoms with Crippen LogP contribution in [0.3, 0.4) is 0 Å². The number of carbonyl (C=O) groups is 2. The second-order valence-corrected chi connectivity index (χ2v) is 6.71. The Kier molecular flexibility index (Phi) is 5.17. The van der Waals surface area contributed by atoms with Crippen LogP contribution in [0.15, 0.2) is 54.6 Å². The zero-order valence-electron chi connectivity index (χ0n) is 14.7. The van der Waals surface area contributed by atoms with Crippen LogP contribution >= 0.6 is 0 Å². The lowest BCUT2D eigenvalue weighted by molar-refractivity contribution is -0.141. The van der Waals surface area contributed by atoms with Crippen molar-refractivity contribution in [3.05, 3.63) is 71.3 Å². The van der Waals surface area contributed by atoms with E-state index in [2.05, 4.69) is 11.4 Å². The molecule has 4 heteroatoms. The van der Waals surface area contributed by atoms with Crippen molar-refractivity contribution in [2.75, 3.05) is 7.05 Å². The summed E-state index contributed by atoms with van der Waals surface area (Å²) in [5, 5.41) is 3.05. The molecular weight excluding hydrogens is 312 g/mol. The number of amides is 2. The molecule has 2 aromatic carbocycles.